The minimum Gasteiger partial charge on any atom is -0.385 e. The molecule has 1 N–H and O–H groups in total. The summed E-state index contributed by atoms with van der Waals surface area (Å²) >= 11 is 0. The smallest absolute Gasteiger partial charge is 0.194 e. The second-order valence-electron chi connectivity index (χ2n) is 7.19. The van der Waals surface area contributed by atoms with Crippen LogP contribution >= 0.6 is 0 Å². The predicted octanol–water partition coefficient (Wildman–Crippen LogP) is 2.13. The standard InChI is InChI=1S/C19H35N5O2/c1-16(2)15-24-11-8-21-18(24)14-22-19(20-3)23-9-6-17(7-10-23)26-13-5-12-25-4/h8,11,16-17H,5-7,9-10,12-15H2,1-4H3,(H,20,22). The minimum absolute atomic E-state index is 0.353. The molecule has 1 aliphatic heterocycles. The Morgan fingerprint density at radius 3 is 2.77 bits per heavy atom. The Hall–Kier alpha value is -1.60. The van der Waals surface area contributed by atoms with Crippen LogP contribution in [0.15, 0.2) is 17.4 Å². The van der Waals surface area contributed by atoms with E-state index >= 15 is 0 Å². The number of ether oxygens (including phenoxy) is 2. The Balaban J connectivity index is 1.75. The first-order valence-electron chi connectivity index (χ1n) is 9.70. The molecule has 0 spiro atoms. The first-order chi connectivity index (χ1) is 12.6. The van der Waals surface area contributed by atoms with Crippen LogP contribution in [0.1, 0.15) is 38.9 Å². The molecule has 26 heavy (non-hydrogen) atoms. The maximum absolute atomic E-state index is 5.94. The van der Waals surface area contributed by atoms with Crippen molar-refractivity contribution in [2.24, 2.45) is 10.9 Å². The van der Waals surface area contributed by atoms with Gasteiger partial charge in [0.2, 0.25) is 0 Å². The monoisotopic (exact) mass is 365 g/mol. The number of hydrogen-bond donors (Lipinski definition) is 1. The quantitative estimate of drug-likeness (QED) is 0.413. The Labute approximate surface area is 157 Å². The van der Waals surface area contributed by atoms with Crippen molar-refractivity contribution in [1.29, 1.82) is 0 Å². The molecule has 0 amide bonds. The summed E-state index contributed by atoms with van der Waals surface area (Å²) in [4.78, 5) is 11.2. The molecule has 1 fully saturated rings. The fraction of sp³-hybridized carbons (Fsp3) is 0.789. The molecule has 0 aromatic carbocycles. The maximum atomic E-state index is 5.94. The summed E-state index contributed by atoms with van der Waals surface area (Å²) in [6.45, 7) is 9.60. The highest BCUT2D eigenvalue weighted by Crippen LogP contribution is 2.14. The summed E-state index contributed by atoms with van der Waals surface area (Å²) in [6, 6.07) is 0. The van der Waals surface area contributed by atoms with Crippen LogP contribution in [0.2, 0.25) is 0 Å². The Morgan fingerprint density at radius 1 is 1.35 bits per heavy atom. The number of piperidine rings is 1. The van der Waals surface area contributed by atoms with Crippen molar-refractivity contribution < 1.29 is 9.47 Å². The van der Waals surface area contributed by atoms with Crippen LogP contribution in [-0.4, -0.2) is 67.0 Å². The average molecular weight is 366 g/mol. The maximum Gasteiger partial charge on any atom is 0.194 e. The highest BCUT2D eigenvalue weighted by Gasteiger charge is 2.22. The normalized spacial score (nSPS) is 16.5. The minimum atomic E-state index is 0.353. The number of imidazole rings is 1. The molecule has 0 saturated carbocycles. The number of aromatic nitrogens is 2. The number of methoxy groups -OCH3 is 1. The van der Waals surface area contributed by atoms with E-state index < -0.39 is 0 Å². The first-order valence-corrected chi connectivity index (χ1v) is 9.70. The van der Waals surface area contributed by atoms with E-state index in [0.717, 1.165) is 63.9 Å². The van der Waals surface area contributed by atoms with Gasteiger partial charge in [-0.05, 0) is 25.2 Å². The van der Waals surface area contributed by atoms with Gasteiger partial charge in [0.25, 0.3) is 0 Å². The van der Waals surface area contributed by atoms with Gasteiger partial charge in [0.1, 0.15) is 5.82 Å². The number of rotatable bonds is 9. The highest BCUT2D eigenvalue weighted by molar-refractivity contribution is 5.79. The zero-order chi connectivity index (χ0) is 18.8. The van der Waals surface area contributed by atoms with Gasteiger partial charge in [-0.25, -0.2) is 4.98 Å². The molecule has 0 aliphatic carbocycles. The fourth-order valence-corrected chi connectivity index (χ4v) is 3.24. The lowest BCUT2D eigenvalue weighted by Gasteiger charge is -2.34. The molecule has 7 nitrogen and oxygen atoms in total. The summed E-state index contributed by atoms with van der Waals surface area (Å²) in [5.74, 6) is 2.60. The first kappa shape index (κ1) is 20.7. The third-order valence-electron chi connectivity index (χ3n) is 4.57. The molecule has 1 saturated heterocycles. The van der Waals surface area contributed by atoms with Gasteiger partial charge in [0.05, 0.1) is 12.6 Å². The van der Waals surface area contributed by atoms with E-state index in [1.54, 1.807) is 7.11 Å². The lowest BCUT2D eigenvalue weighted by molar-refractivity contribution is 0.00989. The van der Waals surface area contributed by atoms with Gasteiger partial charge >= 0.3 is 0 Å². The van der Waals surface area contributed by atoms with E-state index in [-0.39, 0.29) is 0 Å². The SMILES string of the molecule is CN=C(NCc1nccn1CC(C)C)N1CCC(OCCCOC)CC1. The number of aliphatic imine (C=N–C) groups is 1. The van der Waals surface area contributed by atoms with E-state index in [2.05, 4.69) is 38.6 Å². The Morgan fingerprint density at radius 2 is 2.12 bits per heavy atom. The summed E-state index contributed by atoms with van der Waals surface area (Å²) in [5.41, 5.74) is 0. The van der Waals surface area contributed by atoms with Crippen LogP contribution in [0.25, 0.3) is 0 Å². The molecule has 0 unspecified atom stereocenters. The molecule has 2 rings (SSSR count). The van der Waals surface area contributed by atoms with Crippen molar-refractivity contribution in [3.05, 3.63) is 18.2 Å². The van der Waals surface area contributed by atoms with E-state index in [4.69, 9.17) is 9.47 Å². The second kappa shape index (κ2) is 11.2. The summed E-state index contributed by atoms with van der Waals surface area (Å²) < 4.78 is 13.2. The molecule has 0 bridgehead atoms. The van der Waals surface area contributed by atoms with Crippen molar-refractivity contribution >= 4 is 5.96 Å². The molecule has 148 valence electrons. The molecule has 7 heteroatoms. The molecule has 1 aromatic rings. The predicted molar refractivity (Wildman–Crippen MR) is 104 cm³/mol. The Bertz CT molecular complexity index is 536. The van der Waals surface area contributed by atoms with E-state index in [9.17, 15) is 0 Å². The van der Waals surface area contributed by atoms with Crippen molar-refractivity contribution in [3.8, 4) is 0 Å². The van der Waals surface area contributed by atoms with Gasteiger partial charge < -0.3 is 24.3 Å². The molecule has 0 atom stereocenters. The molecule has 0 radical (unpaired) electrons. The lowest BCUT2D eigenvalue weighted by Crippen LogP contribution is -2.47. The zero-order valence-corrected chi connectivity index (χ0v) is 16.8. The van der Waals surface area contributed by atoms with Gasteiger partial charge in [-0.1, -0.05) is 13.8 Å². The van der Waals surface area contributed by atoms with Gasteiger partial charge in [-0.3, -0.25) is 4.99 Å². The summed E-state index contributed by atoms with van der Waals surface area (Å²) in [6.07, 6.45) is 7.31. The number of nitrogens with zero attached hydrogens (tertiary/aromatic N) is 4. The number of hydrogen-bond acceptors (Lipinski definition) is 4. The number of likely N-dealkylation sites (tertiary alicyclic amines) is 1. The largest absolute Gasteiger partial charge is 0.385 e. The van der Waals surface area contributed by atoms with Crippen LogP contribution in [0.5, 0.6) is 0 Å². The molecular formula is C19H35N5O2. The van der Waals surface area contributed by atoms with Crippen molar-refractivity contribution in [2.45, 2.75) is 52.3 Å². The lowest BCUT2D eigenvalue weighted by atomic mass is 10.1. The highest BCUT2D eigenvalue weighted by atomic mass is 16.5. The van der Waals surface area contributed by atoms with Gasteiger partial charge in [0.15, 0.2) is 5.96 Å². The average Bonchev–Trinajstić information content (AvgIpc) is 3.07. The summed E-state index contributed by atoms with van der Waals surface area (Å²) in [5, 5.41) is 3.47. The van der Waals surface area contributed by atoms with E-state index in [0.29, 0.717) is 18.6 Å². The van der Waals surface area contributed by atoms with Crippen LogP contribution in [0.4, 0.5) is 0 Å². The third-order valence-corrected chi connectivity index (χ3v) is 4.57. The van der Waals surface area contributed by atoms with Crippen molar-refractivity contribution in [1.82, 2.24) is 19.8 Å². The molecule has 2 heterocycles. The van der Waals surface area contributed by atoms with Gasteiger partial charge in [0, 0.05) is 59.4 Å². The second-order valence-corrected chi connectivity index (χ2v) is 7.19. The third kappa shape index (κ3) is 6.61. The zero-order valence-electron chi connectivity index (χ0n) is 16.8. The van der Waals surface area contributed by atoms with E-state index in [1.165, 1.54) is 0 Å². The van der Waals surface area contributed by atoms with Crippen LogP contribution in [-0.2, 0) is 22.6 Å². The number of guanidine groups is 1. The van der Waals surface area contributed by atoms with Crippen LogP contribution < -0.4 is 5.32 Å². The molecule has 1 aliphatic rings. The topological polar surface area (TPSA) is 63.9 Å². The van der Waals surface area contributed by atoms with Crippen molar-refractivity contribution in [2.75, 3.05) is 40.5 Å². The van der Waals surface area contributed by atoms with Crippen LogP contribution in [0.3, 0.4) is 0 Å². The Kier molecular flexibility index (Phi) is 8.91. The van der Waals surface area contributed by atoms with Crippen LogP contribution in [0, 0.1) is 5.92 Å². The molecular weight excluding hydrogens is 330 g/mol. The summed E-state index contributed by atoms with van der Waals surface area (Å²) in [7, 11) is 3.57. The van der Waals surface area contributed by atoms with Crippen molar-refractivity contribution in [3.63, 3.8) is 0 Å². The van der Waals surface area contributed by atoms with E-state index in [1.807, 2.05) is 19.4 Å². The van der Waals surface area contributed by atoms with Gasteiger partial charge in [-0.15, -0.1) is 0 Å². The number of nitrogens with one attached hydrogen (secondary N) is 1. The van der Waals surface area contributed by atoms with Gasteiger partial charge in [-0.2, -0.15) is 0 Å². The molecule has 1 aromatic heterocycles. The fourth-order valence-electron chi connectivity index (χ4n) is 3.24.